The van der Waals surface area contributed by atoms with Crippen LogP contribution in [-0.4, -0.2) is 42.9 Å². The molecule has 0 saturated carbocycles. The normalized spacial score (nSPS) is 12.6. The molecular formula is C19H22Cl2N2O5S. The molecule has 158 valence electrons. The molecule has 0 spiro atoms. The van der Waals surface area contributed by atoms with Crippen LogP contribution in [0.3, 0.4) is 0 Å². The number of amides is 1. The lowest BCUT2D eigenvalue weighted by molar-refractivity contribution is -0.122. The van der Waals surface area contributed by atoms with Crippen LogP contribution in [-0.2, 0) is 14.8 Å². The van der Waals surface area contributed by atoms with E-state index in [9.17, 15) is 18.3 Å². The summed E-state index contributed by atoms with van der Waals surface area (Å²) in [5.41, 5.74) is -0.0408. The summed E-state index contributed by atoms with van der Waals surface area (Å²) in [7, 11) is -3.75. The van der Waals surface area contributed by atoms with Gasteiger partial charge in [0.2, 0.25) is 10.0 Å². The first-order valence-electron chi connectivity index (χ1n) is 8.85. The molecule has 1 amide bonds. The van der Waals surface area contributed by atoms with Crippen LogP contribution in [0.25, 0.3) is 0 Å². The second kappa shape index (κ2) is 9.67. The zero-order chi connectivity index (χ0) is 21.8. The molecule has 0 aliphatic rings. The summed E-state index contributed by atoms with van der Waals surface area (Å²) in [6, 6.07) is 8.29. The molecule has 0 fully saturated rings. The lowest BCUT2D eigenvalue weighted by Gasteiger charge is -2.20. The number of phenols is 1. The van der Waals surface area contributed by atoms with Gasteiger partial charge in [-0.05, 0) is 43.3 Å². The summed E-state index contributed by atoms with van der Waals surface area (Å²) in [5.74, 6) is -0.599. The van der Waals surface area contributed by atoms with Crippen molar-refractivity contribution in [2.45, 2.75) is 31.8 Å². The molecule has 10 heteroatoms. The molecule has 0 saturated heterocycles. The van der Waals surface area contributed by atoms with Crippen molar-refractivity contribution < 1.29 is 23.1 Å². The number of hydrogen-bond acceptors (Lipinski definition) is 5. The molecule has 0 radical (unpaired) electrons. The van der Waals surface area contributed by atoms with Gasteiger partial charge in [-0.25, -0.2) is 8.42 Å². The van der Waals surface area contributed by atoms with Crippen molar-refractivity contribution in [3.8, 4) is 11.5 Å². The predicted octanol–water partition coefficient (Wildman–Crippen LogP) is 4.14. The number of sulfonamides is 1. The lowest BCUT2D eigenvalue weighted by Crippen LogP contribution is -2.31. The number of benzene rings is 2. The highest BCUT2D eigenvalue weighted by atomic mass is 35.5. The maximum Gasteiger partial charge on any atom is 0.265 e. The van der Waals surface area contributed by atoms with Crippen LogP contribution in [0.5, 0.6) is 11.5 Å². The van der Waals surface area contributed by atoms with Crippen LogP contribution < -0.4 is 10.1 Å². The van der Waals surface area contributed by atoms with Gasteiger partial charge in [-0.1, -0.05) is 37.0 Å². The van der Waals surface area contributed by atoms with Gasteiger partial charge in [-0.15, -0.1) is 0 Å². The summed E-state index contributed by atoms with van der Waals surface area (Å²) in [5, 5.41) is 13.2. The Morgan fingerprint density at radius 2 is 1.83 bits per heavy atom. The van der Waals surface area contributed by atoms with Gasteiger partial charge in [0.05, 0.1) is 15.6 Å². The second-order valence-corrected chi connectivity index (χ2v) is 8.87. The molecule has 0 aliphatic heterocycles. The molecule has 29 heavy (non-hydrogen) atoms. The van der Waals surface area contributed by atoms with Crippen LogP contribution in [0.4, 0.5) is 5.69 Å². The third kappa shape index (κ3) is 5.54. The number of ether oxygens (including phenoxy) is 1. The van der Waals surface area contributed by atoms with E-state index in [1.165, 1.54) is 41.6 Å². The second-order valence-electron chi connectivity index (χ2n) is 6.09. The fourth-order valence-electron chi connectivity index (χ4n) is 2.54. The van der Waals surface area contributed by atoms with Gasteiger partial charge < -0.3 is 15.2 Å². The lowest BCUT2D eigenvalue weighted by atomic mass is 10.2. The number of rotatable bonds is 8. The van der Waals surface area contributed by atoms with Crippen molar-refractivity contribution in [1.82, 2.24) is 4.31 Å². The first kappa shape index (κ1) is 23.3. The van der Waals surface area contributed by atoms with Crippen molar-refractivity contribution in [1.29, 1.82) is 0 Å². The SMILES string of the molecule is CCN(CC)S(=O)(=O)c1ccc(O)c(NC(=O)C(C)Oc2ccc(Cl)cc2Cl)c1. The standard InChI is InChI=1S/C19H22Cl2N2O5S/c1-4-23(5-2)29(26,27)14-7-8-17(24)16(11-14)22-19(25)12(3)28-18-9-6-13(20)10-15(18)21/h6-12,24H,4-5H2,1-3H3,(H,22,25). The largest absolute Gasteiger partial charge is 0.506 e. The molecule has 0 aromatic heterocycles. The van der Waals surface area contributed by atoms with Crippen molar-refractivity contribution in [2.24, 2.45) is 0 Å². The number of nitrogens with one attached hydrogen (secondary N) is 1. The molecule has 2 N–H and O–H groups in total. The van der Waals surface area contributed by atoms with Crippen molar-refractivity contribution in [3.63, 3.8) is 0 Å². The van der Waals surface area contributed by atoms with E-state index in [4.69, 9.17) is 27.9 Å². The molecule has 0 heterocycles. The Morgan fingerprint density at radius 1 is 1.17 bits per heavy atom. The highest BCUT2D eigenvalue weighted by Crippen LogP contribution is 2.30. The number of phenolic OH excluding ortho intramolecular Hbond substituents is 1. The maximum absolute atomic E-state index is 12.7. The monoisotopic (exact) mass is 460 g/mol. The molecule has 2 aromatic rings. The molecule has 2 rings (SSSR count). The van der Waals surface area contributed by atoms with E-state index in [1.54, 1.807) is 19.9 Å². The smallest absolute Gasteiger partial charge is 0.265 e. The van der Waals surface area contributed by atoms with Crippen molar-refractivity contribution in [2.75, 3.05) is 18.4 Å². The quantitative estimate of drug-likeness (QED) is 0.577. The maximum atomic E-state index is 12.7. The van der Waals surface area contributed by atoms with Crippen molar-refractivity contribution in [3.05, 3.63) is 46.4 Å². The Balaban J connectivity index is 2.21. The Morgan fingerprint density at radius 3 is 2.41 bits per heavy atom. The number of halogens is 2. The third-order valence-corrected chi connectivity index (χ3v) is 6.71. The van der Waals surface area contributed by atoms with E-state index in [-0.39, 0.29) is 27.1 Å². The van der Waals surface area contributed by atoms with Crippen LogP contribution in [0.2, 0.25) is 10.0 Å². The average Bonchev–Trinajstić information content (AvgIpc) is 2.66. The molecular weight excluding hydrogens is 439 g/mol. The number of anilines is 1. The first-order valence-corrected chi connectivity index (χ1v) is 11.1. The van der Waals surface area contributed by atoms with E-state index in [0.717, 1.165) is 0 Å². The van der Waals surface area contributed by atoms with Gasteiger partial charge in [0.25, 0.3) is 5.91 Å². The number of aromatic hydroxyl groups is 1. The van der Waals surface area contributed by atoms with E-state index < -0.39 is 22.0 Å². The minimum absolute atomic E-state index is 0.0383. The Kier molecular flexibility index (Phi) is 7.76. The summed E-state index contributed by atoms with van der Waals surface area (Å²) < 4.78 is 32.1. The molecule has 2 aromatic carbocycles. The van der Waals surface area contributed by atoms with Crippen LogP contribution in [0.1, 0.15) is 20.8 Å². The Labute approximate surface area is 180 Å². The van der Waals surface area contributed by atoms with Gasteiger partial charge in [-0.3, -0.25) is 4.79 Å². The number of hydrogen-bond donors (Lipinski definition) is 2. The fraction of sp³-hybridized carbons (Fsp3) is 0.316. The summed E-state index contributed by atoms with van der Waals surface area (Å²) in [6.45, 7) is 5.55. The number of nitrogens with zero attached hydrogens (tertiary/aromatic N) is 1. The van der Waals surface area contributed by atoms with E-state index in [1.807, 2.05) is 0 Å². The molecule has 0 bridgehead atoms. The van der Waals surface area contributed by atoms with Crippen LogP contribution in [0.15, 0.2) is 41.3 Å². The number of carbonyl (C=O) groups excluding carboxylic acids is 1. The van der Waals surface area contributed by atoms with Gasteiger partial charge >= 0.3 is 0 Å². The van der Waals surface area contributed by atoms with Gasteiger partial charge in [-0.2, -0.15) is 4.31 Å². The van der Waals surface area contributed by atoms with Gasteiger partial charge in [0, 0.05) is 18.1 Å². The molecule has 7 nitrogen and oxygen atoms in total. The van der Waals surface area contributed by atoms with E-state index >= 15 is 0 Å². The van der Waals surface area contributed by atoms with E-state index in [2.05, 4.69) is 5.32 Å². The highest BCUT2D eigenvalue weighted by Gasteiger charge is 2.24. The molecule has 1 unspecified atom stereocenters. The van der Waals surface area contributed by atoms with Crippen molar-refractivity contribution >= 4 is 44.8 Å². The Hall–Kier alpha value is -2.00. The molecule has 1 atom stereocenters. The van der Waals surface area contributed by atoms with Crippen LogP contribution >= 0.6 is 23.2 Å². The summed E-state index contributed by atoms with van der Waals surface area (Å²) >= 11 is 11.9. The third-order valence-electron chi connectivity index (χ3n) is 4.14. The highest BCUT2D eigenvalue weighted by molar-refractivity contribution is 7.89. The van der Waals surface area contributed by atoms with Gasteiger partial charge in [0.1, 0.15) is 11.5 Å². The van der Waals surface area contributed by atoms with Crippen LogP contribution in [0, 0.1) is 0 Å². The van der Waals surface area contributed by atoms with Gasteiger partial charge in [0.15, 0.2) is 6.10 Å². The summed E-state index contributed by atoms with van der Waals surface area (Å²) in [6.07, 6.45) is -0.976. The minimum Gasteiger partial charge on any atom is -0.506 e. The first-order chi connectivity index (χ1) is 13.6. The fourth-order valence-corrected chi connectivity index (χ4v) is 4.48. The number of carbonyl (C=O) groups is 1. The predicted molar refractivity (Wildman–Crippen MR) is 113 cm³/mol. The zero-order valence-corrected chi connectivity index (χ0v) is 18.5. The average molecular weight is 461 g/mol. The Bertz CT molecular complexity index is 994. The van der Waals surface area contributed by atoms with E-state index in [0.29, 0.717) is 18.1 Å². The zero-order valence-electron chi connectivity index (χ0n) is 16.1. The molecule has 0 aliphatic carbocycles. The summed E-state index contributed by atoms with van der Waals surface area (Å²) in [4.78, 5) is 12.4. The topological polar surface area (TPSA) is 95.9 Å². The minimum atomic E-state index is -3.75.